The monoisotopic (exact) mass is 366 g/mol. The van der Waals surface area contributed by atoms with Gasteiger partial charge in [0.15, 0.2) is 6.29 Å². The summed E-state index contributed by atoms with van der Waals surface area (Å²) in [6, 6.07) is 9.48. The van der Waals surface area contributed by atoms with Crippen LogP contribution in [0.2, 0.25) is 0 Å². The highest BCUT2D eigenvalue weighted by Gasteiger charge is 2.10. The molecule has 6 nitrogen and oxygen atoms in total. The molecule has 3 heterocycles. The van der Waals surface area contributed by atoms with Crippen LogP contribution in [0.3, 0.4) is 0 Å². The highest BCUT2D eigenvalue weighted by Crippen LogP contribution is 2.26. The van der Waals surface area contributed by atoms with Crippen LogP contribution in [0.15, 0.2) is 42.7 Å². The van der Waals surface area contributed by atoms with Crippen LogP contribution in [-0.2, 0) is 0 Å². The van der Waals surface area contributed by atoms with Gasteiger partial charge < -0.3 is 19.9 Å². The molecule has 142 valence electrons. The summed E-state index contributed by atoms with van der Waals surface area (Å²) in [6.07, 6.45) is 8.36. The Hall–Kier alpha value is -2.86. The predicted octanol–water partition coefficient (Wildman–Crippen LogP) is 3.53. The van der Waals surface area contributed by atoms with E-state index in [0.717, 1.165) is 22.5 Å². The van der Waals surface area contributed by atoms with Gasteiger partial charge in [0, 0.05) is 23.5 Å². The molecule has 4 rings (SSSR count). The number of piperidine rings is 1. The van der Waals surface area contributed by atoms with E-state index in [2.05, 4.69) is 16.9 Å². The summed E-state index contributed by atoms with van der Waals surface area (Å²) >= 11 is 0. The Labute approximate surface area is 159 Å². The lowest BCUT2D eigenvalue weighted by atomic mass is 10.1. The van der Waals surface area contributed by atoms with Gasteiger partial charge in [-0.3, -0.25) is 4.79 Å². The van der Waals surface area contributed by atoms with Gasteiger partial charge in [-0.1, -0.05) is 6.42 Å². The molecule has 0 bridgehead atoms. The molecule has 1 aliphatic heterocycles. The van der Waals surface area contributed by atoms with E-state index in [1.807, 2.05) is 41.1 Å². The number of fused-ring (bicyclic) bond motifs is 1. The molecular weight excluding hydrogens is 340 g/mol. The van der Waals surface area contributed by atoms with Crippen molar-refractivity contribution in [3.63, 3.8) is 0 Å². The molecular formula is C21H26N4O2. The van der Waals surface area contributed by atoms with E-state index < -0.39 is 0 Å². The Balaban J connectivity index is 0.000000253. The van der Waals surface area contributed by atoms with Crippen molar-refractivity contribution < 1.29 is 9.53 Å². The zero-order valence-corrected chi connectivity index (χ0v) is 15.9. The smallest absolute Gasteiger partial charge is 0.153 e. The number of anilines is 1. The fraction of sp³-hybridized carbons (Fsp3) is 0.333. The van der Waals surface area contributed by atoms with Crippen LogP contribution < -0.4 is 10.5 Å². The van der Waals surface area contributed by atoms with Crippen LogP contribution in [0.25, 0.3) is 16.7 Å². The molecule has 6 heteroatoms. The third-order valence-corrected chi connectivity index (χ3v) is 4.84. The zero-order chi connectivity index (χ0) is 19.2. The lowest BCUT2D eigenvalue weighted by molar-refractivity contribution is 0.112. The summed E-state index contributed by atoms with van der Waals surface area (Å²) in [5.41, 5.74) is 8.50. The molecule has 1 aromatic carbocycles. The number of carbonyl (C=O) groups is 1. The van der Waals surface area contributed by atoms with Crippen molar-refractivity contribution >= 4 is 23.0 Å². The first kappa shape index (κ1) is 18.9. The third-order valence-electron chi connectivity index (χ3n) is 4.84. The number of carbonyl (C=O) groups excluding carboxylic acids is 1. The highest BCUT2D eigenvalue weighted by molar-refractivity contribution is 5.98. The highest BCUT2D eigenvalue weighted by atomic mass is 16.5. The Morgan fingerprint density at radius 3 is 2.37 bits per heavy atom. The molecule has 2 aromatic heterocycles. The summed E-state index contributed by atoms with van der Waals surface area (Å²) in [6.45, 7) is 2.64. The van der Waals surface area contributed by atoms with Gasteiger partial charge in [0.2, 0.25) is 0 Å². The topological polar surface area (TPSA) is 73.4 Å². The number of nitrogen functional groups attached to an aromatic ring is 1. The van der Waals surface area contributed by atoms with Gasteiger partial charge in [-0.2, -0.15) is 0 Å². The maximum absolute atomic E-state index is 10.9. The Kier molecular flexibility index (Phi) is 6.08. The average molecular weight is 366 g/mol. The fourth-order valence-corrected chi connectivity index (χ4v) is 3.22. The number of hydrogen-bond donors (Lipinski definition) is 1. The second kappa shape index (κ2) is 8.68. The van der Waals surface area contributed by atoms with E-state index in [9.17, 15) is 4.79 Å². The maximum atomic E-state index is 10.9. The number of pyridine rings is 1. The van der Waals surface area contributed by atoms with E-state index in [-0.39, 0.29) is 0 Å². The summed E-state index contributed by atoms with van der Waals surface area (Å²) < 4.78 is 7.06. The number of nitrogens with two attached hydrogens (primary N) is 1. The molecule has 27 heavy (non-hydrogen) atoms. The first-order chi connectivity index (χ1) is 13.1. The number of benzene rings is 1. The summed E-state index contributed by atoms with van der Waals surface area (Å²) in [5.74, 6) is 0.793. The number of rotatable bonds is 3. The van der Waals surface area contributed by atoms with Crippen LogP contribution in [-0.4, -0.2) is 48.0 Å². The van der Waals surface area contributed by atoms with Gasteiger partial charge in [-0.25, -0.2) is 4.98 Å². The lowest BCUT2D eigenvalue weighted by Gasteiger charge is -2.20. The number of aldehydes is 1. The van der Waals surface area contributed by atoms with Crippen LogP contribution in [0.5, 0.6) is 5.75 Å². The summed E-state index contributed by atoms with van der Waals surface area (Å²) in [7, 11) is 3.82. The first-order valence-corrected chi connectivity index (χ1v) is 9.17. The molecule has 0 atom stereocenters. The van der Waals surface area contributed by atoms with Crippen molar-refractivity contribution in [1.29, 1.82) is 0 Å². The normalized spacial score (nSPS) is 14.4. The Morgan fingerprint density at radius 2 is 1.81 bits per heavy atom. The SMILES string of the molecule is CN1CCCCC1.COc1ccc(-n2ccc3c(N)c(C=O)cnc32)cc1. The number of aromatic nitrogens is 2. The average Bonchev–Trinajstić information content (AvgIpc) is 3.14. The van der Waals surface area contributed by atoms with Crippen LogP contribution in [0.1, 0.15) is 29.6 Å². The number of likely N-dealkylation sites (tertiary alicyclic amines) is 1. The van der Waals surface area contributed by atoms with Crippen LogP contribution in [0, 0.1) is 0 Å². The van der Waals surface area contributed by atoms with Gasteiger partial charge in [0.05, 0.1) is 18.4 Å². The van der Waals surface area contributed by atoms with Gasteiger partial charge in [-0.15, -0.1) is 0 Å². The Bertz CT molecular complexity index is 896. The molecule has 1 aliphatic rings. The minimum absolute atomic E-state index is 0.407. The molecule has 0 amide bonds. The van der Waals surface area contributed by atoms with Crippen molar-refractivity contribution in [2.24, 2.45) is 0 Å². The van der Waals surface area contributed by atoms with Crippen molar-refractivity contribution in [3.8, 4) is 11.4 Å². The number of nitrogens with zero attached hydrogens (tertiary/aromatic N) is 3. The summed E-state index contributed by atoms with van der Waals surface area (Å²) in [5, 5.41) is 0.769. The van der Waals surface area contributed by atoms with Crippen molar-refractivity contribution in [2.75, 3.05) is 33.0 Å². The quantitative estimate of drug-likeness (QED) is 0.718. The van der Waals surface area contributed by atoms with E-state index in [4.69, 9.17) is 10.5 Å². The molecule has 0 radical (unpaired) electrons. The lowest BCUT2D eigenvalue weighted by Crippen LogP contribution is -2.24. The van der Waals surface area contributed by atoms with Gasteiger partial charge >= 0.3 is 0 Å². The van der Waals surface area contributed by atoms with Crippen molar-refractivity contribution in [1.82, 2.24) is 14.5 Å². The molecule has 1 saturated heterocycles. The van der Waals surface area contributed by atoms with E-state index in [0.29, 0.717) is 17.5 Å². The minimum atomic E-state index is 0.407. The molecule has 2 N–H and O–H groups in total. The van der Waals surface area contributed by atoms with Gasteiger partial charge in [0.25, 0.3) is 0 Å². The number of ether oxygens (including phenoxy) is 1. The maximum Gasteiger partial charge on any atom is 0.153 e. The predicted molar refractivity (Wildman–Crippen MR) is 109 cm³/mol. The Morgan fingerprint density at radius 1 is 1.11 bits per heavy atom. The first-order valence-electron chi connectivity index (χ1n) is 9.17. The van der Waals surface area contributed by atoms with Crippen molar-refractivity contribution in [3.05, 3.63) is 48.3 Å². The largest absolute Gasteiger partial charge is 0.497 e. The zero-order valence-electron chi connectivity index (χ0n) is 15.9. The molecule has 3 aromatic rings. The van der Waals surface area contributed by atoms with E-state index >= 15 is 0 Å². The van der Waals surface area contributed by atoms with E-state index in [1.54, 1.807) is 7.11 Å². The minimum Gasteiger partial charge on any atom is -0.497 e. The van der Waals surface area contributed by atoms with Crippen LogP contribution >= 0.6 is 0 Å². The summed E-state index contributed by atoms with van der Waals surface area (Å²) in [4.78, 5) is 17.6. The van der Waals surface area contributed by atoms with E-state index in [1.165, 1.54) is 38.5 Å². The third kappa shape index (κ3) is 4.28. The fourth-order valence-electron chi connectivity index (χ4n) is 3.22. The molecule has 1 fully saturated rings. The number of methoxy groups -OCH3 is 1. The second-order valence-electron chi connectivity index (χ2n) is 6.73. The van der Waals surface area contributed by atoms with Gasteiger partial charge in [-0.05, 0) is 63.3 Å². The molecule has 0 aliphatic carbocycles. The molecule has 0 saturated carbocycles. The molecule has 0 spiro atoms. The van der Waals surface area contributed by atoms with Crippen LogP contribution in [0.4, 0.5) is 5.69 Å². The molecule has 0 unspecified atom stereocenters. The standard InChI is InChI=1S/C15H13N3O2.C6H13N/c1-20-12-4-2-11(3-5-12)18-7-6-13-14(16)10(9-19)8-17-15(13)18;1-7-5-3-2-4-6-7/h2-9H,1H3,(H2,16,17);2-6H2,1H3. The number of hydrogen-bond acceptors (Lipinski definition) is 5. The van der Waals surface area contributed by atoms with Gasteiger partial charge in [0.1, 0.15) is 11.4 Å². The van der Waals surface area contributed by atoms with Crippen molar-refractivity contribution in [2.45, 2.75) is 19.3 Å². The second-order valence-corrected chi connectivity index (χ2v) is 6.73.